The highest BCUT2D eigenvalue weighted by molar-refractivity contribution is 6.11. The summed E-state index contributed by atoms with van der Waals surface area (Å²) in [6, 6.07) is 12.8. The number of benzene rings is 2. The topological polar surface area (TPSA) is 127 Å². The van der Waals surface area contributed by atoms with E-state index in [1.165, 1.54) is 18.3 Å². The summed E-state index contributed by atoms with van der Waals surface area (Å²) in [4.78, 5) is 33.2. The van der Waals surface area contributed by atoms with Crippen molar-refractivity contribution in [2.75, 3.05) is 5.43 Å². The molecule has 0 aromatic heterocycles. The van der Waals surface area contributed by atoms with Gasteiger partial charge in [0.25, 0.3) is 11.4 Å². The molecule has 0 heterocycles. The number of nitrogens with one attached hydrogen (secondary N) is 2. The van der Waals surface area contributed by atoms with Gasteiger partial charge >= 0.3 is 0 Å². The lowest BCUT2D eigenvalue weighted by atomic mass is 9.88. The molecule has 0 spiro atoms. The van der Waals surface area contributed by atoms with Crippen LogP contribution in [0.3, 0.4) is 0 Å². The Morgan fingerprint density at radius 1 is 0.897 bits per heavy atom. The van der Waals surface area contributed by atoms with Crippen LogP contribution in [0.4, 0.5) is 17.1 Å². The Bertz CT molecular complexity index is 983. The number of nitrogens with zero attached hydrogens (tertiary/aromatic N) is 2. The largest absolute Gasteiger partial charge is 0.308 e. The van der Waals surface area contributed by atoms with Crippen molar-refractivity contribution in [3.63, 3.8) is 0 Å². The minimum absolute atomic E-state index is 0.0700. The van der Waals surface area contributed by atoms with Gasteiger partial charge in [-0.25, -0.2) is 0 Å². The highest BCUT2D eigenvalue weighted by atomic mass is 16.6. The number of Topliss-reactive ketones (excluding diaryl/α,β-unsaturated/α-hetero) is 1. The summed E-state index contributed by atoms with van der Waals surface area (Å²) in [5, 5.41) is 21.9. The van der Waals surface area contributed by atoms with E-state index in [1.54, 1.807) is 0 Å². The van der Waals surface area contributed by atoms with Crippen molar-refractivity contribution in [1.29, 1.82) is 0 Å². The van der Waals surface area contributed by atoms with E-state index in [9.17, 15) is 25.0 Å². The van der Waals surface area contributed by atoms with Crippen LogP contribution in [0.25, 0.3) is 6.08 Å². The molecule has 0 bridgehead atoms. The number of carbonyl (C=O) groups is 1. The van der Waals surface area contributed by atoms with E-state index in [0.29, 0.717) is 24.0 Å². The fourth-order valence-electron chi connectivity index (χ4n) is 3.01. The molecule has 29 heavy (non-hydrogen) atoms. The number of hydrogen-bond acceptors (Lipinski definition) is 7. The van der Waals surface area contributed by atoms with Crippen LogP contribution in [0.1, 0.15) is 24.8 Å². The summed E-state index contributed by atoms with van der Waals surface area (Å²) in [6.45, 7) is 0. The second kappa shape index (κ2) is 8.79. The predicted octanol–water partition coefficient (Wildman–Crippen LogP) is 4.14. The number of ketones is 1. The van der Waals surface area contributed by atoms with Crippen LogP contribution in [-0.2, 0) is 4.79 Å². The summed E-state index contributed by atoms with van der Waals surface area (Å²) in [5.74, 6) is -0.0700. The maximum atomic E-state index is 12.7. The lowest BCUT2D eigenvalue weighted by molar-refractivity contribution is -0.394. The Morgan fingerprint density at radius 3 is 2.14 bits per heavy atom. The zero-order valence-electron chi connectivity index (χ0n) is 15.3. The van der Waals surface area contributed by atoms with Crippen molar-refractivity contribution < 1.29 is 14.6 Å². The van der Waals surface area contributed by atoms with Crippen LogP contribution in [-0.4, -0.2) is 15.6 Å². The number of anilines is 1. The number of nitro benzene ring substituents is 2. The molecule has 0 unspecified atom stereocenters. The standard InChI is InChI=1S/C20H18N4O5/c25-20-15(9-14-5-2-1-3-6-14)7-4-8-16(20)13-21-22-17-10-18(23(26)27)12-19(11-17)24(28)29/h1-3,5-6,9-13,21-22H,4,7-8H2/b15-9+,16-13+. The van der Waals surface area contributed by atoms with Crippen LogP contribution in [0.5, 0.6) is 0 Å². The zero-order valence-corrected chi connectivity index (χ0v) is 15.3. The molecule has 1 fully saturated rings. The lowest BCUT2D eigenvalue weighted by Crippen LogP contribution is -2.20. The van der Waals surface area contributed by atoms with Gasteiger partial charge in [0.05, 0.1) is 21.6 Å². The molecule has 1 aliphatic rings. The lowest BCUT2D eigenvalue weighted by Gasteiger charge is -2.17. The molecule has 0 atom stereocenters. The maximum absolute atomic E-state index is 12.7. The van der Waals surface area contributed by atoms with Gasteiger partial charge < -0.3 is 10.9 Å². The average Bonchev–Trinajstić information content (AvgIpc) is 2.71. The van der Waals surface area contributed by atoms with Crippen LogP contribution < -0.4 is 10.9 Å². The average molecular weight is 394 g/mol. The number of non-ortho nitro benzene ring substituents is 2. The van der Waals surface area contributed by atoms with Gasteiger partial charge in [-0.2, -0.15) is 0 Å². The summed E-state index contributed by atoms with van der Waals surface area (Å²) in [7, 11) is 0. The minimum Gasteiger partial charge on any atom is -0.308 e. The molecule has 1 saturated carbocycles. The molecule has 2 aromatic carbocycles. The molecular weight excluding hydrogens is 376 g/mol. The van der Waals surface area contributed by atoms with Crippen molar-refractivity contribution in [3.8, 4) is 0 Å². The van der Waals surface area contributed by atoms with E-state index in [-0.39, 0.29) is 11.5 Å². The second-order valence-corrected chi connectivity index (χ2v) is 6.45. The highest BCUT2D eigenvalue weighted by Crippen LogP contribution is 2.27. The first kappa shape index (κ1) is 19.7. The van der Waals surface area contributed by atoms with E-state index < -0.39 is 21.2 Å². The SMILES string of the molecule is O=C1/C(=C/NNc2cc([N+](=O)[O-])cc([N+](=O)[O-])c2)CCC/C1=C\c1ccccc1. The monoisotopic (exact) mass is 394 g/mol. The Labute approximate surface area is 166 Å². The smallest absolute Gasteiger partial charge is 0.278 e. The van der Waals surface area contributed by atoms with Crippen molar-refractivity contribution in [2.45, 2.75) is 19.3 Å². The van der Waals surface area contributed by atoms with E-state index in [0.717, 1.165) is 18.1 Å². The molecule has 1 aliphatic carbocycles. The molecule has 0 radical (unpaired) electrons. The van der Waals surface area contributed by atoms with Crippen molar-refractivity contribution in [3.05, 3.63) is 91.7 Å². The quantitative estimate of drug-likeness (QED) is 0.428. The predicted molar refractivity (Wildman–Crippen MR) is 108 cm³/mol. The van der Waals surface area contributed by atoms with Crippen LogP contribution in [0, 0.1) is 20.2 Å². The number of carbonyl (C=O) groups excluding carboxylic acids is 1. The van der Waals surface area contributed by atoms with Crippen molar-refractivity contribution >= 4 is 28.9 Å². The fourth-order valence-corrected chi connectivity index (χ4v) is 3.01. The molecule has 0 amide bonds. The third kappa shape index (κ3) is 5.04. The Morgan fingerprint density at radius 2 is 1.52 bits per heavy atom. The molecule has 2 N–H and O–H groups in total. The van der Waals surface area contributed by atoms with Gasteiger partial charge in [0.2, 0.25) is 0 Å². The van der Waals surface area contributed by atoms with E-state index >= 15 is 0 Å². The molecule has 0 saturated heterocycles. The minimum atomic E-state index is -0.706. The molecule has 3 rings (SSSR count). The Kier molecular flexibility index (Phi) is 5.98. The Hall–Kier alpha value is -4.01. The van der Waals surface area contributed by atoms with Gasteiger partial charge in [0, 0.05) is 29.5 Å². The normalized spacial score (nSPS) is 16.6. The van der Waals surface area contributed by atoms with E-state index in [2.05, 4.69) is 10.9 Å². The molecule has 0 aliphatic heterocycles. The number of allylic oxidation sites excluding steroid dienone is 2. The number of hydrazine groups is 1. The van der Waals surface area contributed by atoms with Crippen LogP contribution >= 0.6 is 0 Å². The van der Waals surface area contributed by atoms with Crippen molar-refractivity contribution in [2.24, 2.45) is 0 Å². The first-order chi connectivity index (χ1) is 13.9. The van der Waals surface area contributed by atoms with Gasteiger partial charge in [-0.05, 0) is 30.9 Å². The third-order valence-corrected chi connectivity index (χ3v) is 4.40. The third-order valence-electron chi connectivity index (χ3n) is 4.40. The van der Waals surface area contributed by atoms with E-state index in [4.69, 9.17) is 0 Å². The fraction of sp³-hybridized carbons (Fsp3) is 0.150. The molecule has 148 valence electrons. The first-order valence-electron chi connectivity index (χ1n) is 8.89. The Balaban J connectivity index is 1.73. The van der Waals surface area contributed by atoms with Crippen LogP contribution in [0.2, 0.25) is 0 Å². The highest BCUT2D eigenvalue weighted by Gasteiger charge is 2.20. The summed E-state index contributed by atoms with van der Waals surface area (Å²) in [6.07, 6.45) is 5.46. The molecule has 9 nitrogen and oxygen atoms in total. The van der Waals surface area contributed by atoms with Gasteiger partial charge in [0.15, 0.2) is 5.78 Å². The number of rotatable bonds is 6. The molecule has 2 aromatic rings. The molecule has 9 heteroatoms. The van der Waals surface area contributed by atoms with Gasteiger partial charge in [-0.3, -0.25) is 25.0 Å². The molecular formula is C20H18N4O5. The summed E-state index contributed by atoms with van der Waals surface area (Å²) >= 11 is 0. The maximum Gasteiger partial charge on any atom is 0.278 e. The van der Waals surface area contributed by atoms with Gasteiger partial charge in [-0.15, -0.1) is 0 Å². The first-order valence-corrected chi connectivity index (χ1v) is 8.89. The van der Waals surface area contributed by atoms with Crippen LogP contribution in [0.15, 0.2) is 65.9 Å². The summed E-state index contributed by atoms with van der Waals surface area (Å²) < 4.78 is 0. The van der Waals surface area contributed by atoms with Gasteiger partial charge in [0.1, 0.15) is 0 Å². The van der Waals surface area contributed by atoms with Gasteiger partial charge in [-0.1, -0.05) is 30.3 Å². The number of nitro groups is 2. The second-order valence-electron chi connectivity index (χ2n) is 6.45. The summed E-state index contributed by atoms with van der Waals surface area (Å²) in [5.41, 5.74) is 6.93. The zero-order chi connectivity index (χ0) is 20.8. The van der Waals surface area contributed by atoms with Crippen molar-refractivity contribution in [1.82, 2.24) is 5.43 Å². The van der Waals surface area contributed by atoms with E-state index in [1.807, 2.05) is 36.4 Å². The number of hydrogen-bond donors (Lipinski definition) is 2.